The molecule has 0 amide bonds. The number of carbonyl (C=O) groups excluding carboxylic acids is 2. The highest BCUT2D eigenvalue weighted by Gasteiger charge is 2.30. The van der Waals surface area contributed by atoms with E-state index >= 15 is 0 Å². The lowest BCUT2D eigenvalue weighted by molar-refractivity contribution is -0.114. The minimum Gasteiger partial charge on any atom is -0.506 e. The van der Waals surface area contributed by atoms with E-state index in [0.717, 1.165) is 77.9 Å². The Morgan fingerprint density at radius 1 is 0.444 bits per heavy atom. The molecule has 2 atom stereocenters. The fourth-order valence-electron chi connectivity index (χ4n) is 8.27. The molecule has 54 heavy (non-hydrogen) atoms. The Bertz CT molecular complexity index is 2030. The van der Waals surface area contributed by atoms with Gasteiger partial charge in [-0.2, -0.15) is 0 Å². The van der Waals surface area contributed by atoms with E-state index in [9.17, 15) is 19.8 Å². The molecule has 0 aliphatic heterocycles. The van der Waals surface area contributed by atoms with Crippen molar-refractivity contribution in [1.29, 1.82) is 0 Å². The molecule has 0 saturated carbocycles. The molecule has 0 heterocycles. The smallest absolute Gasteiger partial charge is 0.165 e. The van der Waals surface area contributed by atoms with Gasteiger partial charge in [-0.3, -0.25) is 19.6 Å². The topological polar surface area (TPSA) is 99.3 Å². The first kappa shape index (κ1) is 41.4. The van der Waals surface area contributed by atoms with Gasteiger partial charge >= 0.3 is 0 Å². The summed E-state index contributed by atoms with van der Waals surface area (Å²) >= 11 is 0. The lowest BCUT2D eigenvalue weighted by atomic mass is 9.84. The van der Waals surface area contributed by atoms with Crippen LogP contribution < -0.4 is 0 Å². The summed E-state index contributed by atoms with van der Waals surface area (Å²) < 4.78 is 0. The number of aliphatic imine (C=N–C) groups is 2. The summed E-state index contributed by atoms with van der Waals surface area (Å²) in [5, 5.41) is 23.5. The third kappa shape index (κ3) is 8.87. The Morgan fingerprint density at radius 2 is 0.667 bits per heavy atom. The lowest BCUT2D eigenvalue weighted by Crippen LogP contribution is -2.16. The van der Waals surface area contributed by atoms with Crippen molar-refractivity contribution in [3.05, 3.63) is 149 Å². The third-order valence-electron chi connectivity index (χ3n) is 10.2. The summed E-state index contributed by atoms with van der Waals surface area (Å²) in [6.45, 7) is 26.8. The van der Waals surface area contributed by atoms with Crippen LogP contribution in [0.5, 0.6) is 0 Å². The van der Waals surface area contributed by atoms with Gasteiger partial charge in [-0.25, -0.2) is 0 Å². The molecule has 4 aromatic rings. The second-order valence-corrected chi connectivity index (χ2v) is 15.3. The number of ketones is 2. The minimum absolute atomic E-state index is 0.0878. The Balaban J connectivity index is 2.11. The van der Waals surface area contributed by atoms with Gasteiger partial charge in [-0.1, -0.05) is 70.8 Å². The van der Waals surface area contributed by atoms with E-state index in [1.807, 2.05) is 93.5 Å². The number of nitrogens with zero attached hydrogens (tertiary/aromatic N) is 2. The maximum absolute atomic E-state index is 13.3. The fourth-order valence-corrected chi connectivity index (χ4v) is 8.27. The van der Waals surface area contributed by atoms with Crippen molar-refractivity contribution < 1.29 is 19.8 Å². The summed E-state index contributed by atoms with van der Waals surface area (Å²) in [4.78, 5) is 37.0. The van der Waals surface area contributed by atoms with Crippen LogP contribution in [0.15, 0.2) is 69.7 Å². The van der Waals surface area contributed by atoms with Crippen LogP contribution in [0.1, 0.15) is 115 Å². The average Bonchev–Trinajstić information content (AvgIpc) is 3.01. The number of Topliss-reactive ketones (excluding diaryl/α,β-unsaturated/α-hetero) is 2. The first-order valence-electron chi connectivity index (χ1n) is 18.5. The van der Waals surface area contributed by atoms with Crippen molar-refractivity contribution in [1.82, 2.24) is 0 Å². The van der Waals surface area contributed by atoms with Crippen LogP contribution in [-0.2, 0) is 9.59 Å². The first-order chi connectivity index (χ1) is 25.2. The summed E-state index contributed by atoms with van der Waals surface area (Å²) in [5.41, 5.74) is 15.0. The number of allylic oxidation sites excluding steroid dienone is 2. The normalized spacial score (nSPS) is 14.0. The molecular weight excluding hydrogens is 669 g/mol. The Hall–Kier alpha value is -5.36. The minimum atomic E-state index is -0.692. The van der Waals surface area contributed by atoms with E-state index in [0.29, 0.717) is 11.1 Å². The van der Waals surface area contributed by atoms with E-state index in [2.05, 4.69) is 38.1 Å². The van der Waals surface area contributed by atoms with Crippen molar-refractivity contribution >= 4 is 35.5 Å². The second kappa shape index (κ2) is 16.8. The van der Waals surface area contributed by atoms with Crippen LogP contribution in [0.25, 0.3) is 11.5 Å². The van der Waals surface area contributed by atoms with Crippen LogP contribution in [0.2, 0.25) is 0 Å². The predicted molar refractivity (Wildman–Crippen MR) is 226 cm³/mol. The molecular formula is C48H56N2O4. The molecule has 6 heteroatoms. The van der Waals surface area contributed by atoms with Gasteiger partial charge in [0.05, 0.1) is 11.1 Å². The fraction of sp³-hybridized carbons (Fsp3) is 0.333. The van der Waals surface area contributed by atoms with Gasteiger partial charge in [-0.15, -0.1) is 0 Å². The van der Waals surface area contributed by atoms with Crippen molar-refractivity contribution in [2.75, 3.05) is 0 Å². The number of aliphatic hydroxyl groups is 2. The molecule has 2 N–H and O–H groups in total. The number of carbonyl (C=O) groups is 2. The van der Waals surface area contributed by atoms with E-state index in [-0.39, 0.29) is 34.2 Å². The molecule has 0 bridgehead atoms. The van der Waals surface area contributed by atoms with Gasteiger partial charge in [0.2, 0.25) is 0 Å². The highest BCUT2D eigenvalue weighted by Crippen LogP contribution is 2.42. The van der Waals surface area contributed by atoms with Crippen LogP contribution in [0.4, 0.5) is 0 Å². The highest BCUT2D eigenvalue weighted by atomic mass is 16.3. The van der Waals surface area contributed by atoms with Gasteiger partial charge < -0.3 is 10.2 Å². The third-order valence-corrected chi connectivity index (χ3v) is 10.2. The van der Waals surface area contributed by atoms with Crippen LogP contribution >= 0.6 is 0 Å². The first-order valence-corrected chi connectivity index (χ1v) is 18.5. The summed E-state index contributed by atoms with van der Waals surface area (Å²) in [7, 11) is 0. The maximum atomic E-state index is 13.3. The molecule has 0 radical (unpaired) electrons. The summed E-state index contributed by atoms with van der Waals surface area (Å²) in [5.74, 6) is -0.915. The zero-order valence-electron chi connectivity index (χ0n) is 34.5. The largest absolute Gasteiger partial charge is 0.506 e. The number of benzene rings is 4. The van der Waals surface area contributed by atoms with Gasteiger partial charge in [0.15, 0.2) is 11.6 Å². The lowest BCUT2D eigenvalue weighted by Gasteiger charge is -2.28. The Labute approximate surface area is 322 Å². The van der Waals surface area contributed by atoms with Crippen LogP contribution in [0, 0.1) is 83.1 Å². The van der Waals surface area contributed by atoms with Gasteiger partial charge in [0.1, 0.15) is 23.6 Å². The summed E-state index contributed by atoms with van der Waals surface area (Å²) in [6.07, 6.45) is 2.97. The standard InChI is InChI=1S/C48H56N2O4/c1-25-15-29(5)41(30(6)16-25)45(49-23-39(37(13)51)47(53)43-33(9)19-27(3)20-34(43)10)46(42-31(7)17-26(2)18-32(42)8)50-24-40(38(14)52)48(54)44-35(11)21-28(4)22-36(44)12/h15-24,45-46,53-54H,1-14H3/t45-,46-/m0/s1. The van der Waals surface area contributed by atoms with Gasteiger partial charge in [-0.05, 0) is 153 Å². The molecule has 0 fully saturated rings. The second-order valence-electron chi connectivity index (χ2n) is 15.3. The SMILES string of the molecule is CC(=O)C(C=N[C@@H](c1c(C)cc(C)cc1C)[C@@H](N=CC(C(C)=O)=C(O)c1c(C)cc(C)cc1C)c1c(C)cc(C)cc1C)=C(O)c1c(C)cc(C)cc1C. The van der Waals surface area contributed by atoms with E-state index < -0.39 is 12.1 Å². The zero-order chi connectivity index (χ0) is 40.3. The van der Waals surface area contributed by atoms with Crippen molar-refractivity contribution in [3.63, 3.8) is 0 Å². The molecule has 0 saturated heterocycles. The molecule has 282 valence electrons. The number of aliphatic hydroxyl groups excluding tert-OH is 2. The molecule has 0 aliphatic carbocycles. The number of rotatable bonds is 11. The van der Waals surface area contributed by atoms with Gasteiger partial charge in [0.25, 0.3) is 0 Å². The molecule has 0 unspecified atom stereocenters. The summed E-state index contributed by atoms with van der Waals surface area (Å²) in [6, 6.07) is 15.0. The maximum Gasteiger partial charge on any atom is 0.165 e. The monoisotopic (exact) mass is 724 g/mol. The van der Waals surface area contributed by atoms with E-state index in [1.54, 1.807) is 0 Å². The van der Waals surface area contributed by atoms with E-state index in [1.165, 1.54) is 26.3 Å². The highest BCUT2D eigenvalue weighted by molar-refractivity contribution is 6.18. The van der Waals surface area contributed by atoms with Gasteiger partial charge in [0, 0.05) is 23.6 Å². The van der Waals surface area contributed by atoms with Crippen molar-refractivity contribution in [2.24, 2.45) is 9.98 Å². The zero-order valence-corrected chi connectivity index (χ0v) is 34.5. The molecule has 6 nitrogen and oxygen atoms in total. The molecule has 4 aromatic carbocycles. The molecule has 0 aromatic heterocycles. The van der Waals surface area contributed by atoms with Crippen molar-refractivity contribution in [2.45, 2.75) is 109 Å². The van der Waals surface area contributed by atoms with E-state index in [4.69, 9.17) is 9.98 Å². The van der Waals surface area contributed by atoms with Crippen LogP contribution in [0.3, 0.4) is 0 Å². The van der Waals surface area contributed by atoms with Crippen LogP contribution in [-0.4, -0.2) is 34.2 Å². The number of hydrogen-bond acceptors (Lipinski definition) is 6. The molecule has 0 spiro atoms. The number of hydrogen-bond donors (Lipinski definition) is 2. The van der Waals surface area contributed by atoms with Crippen molar-refractivity contribution in [3.8, 4) is 0 Å². The Morgan fingerprint density at radius 3 is 0.889 bits per heavy atom. The molecule has 4 rings (SSSR count). The molecule has 0 aliphatic rings. The predicted octanol–water partition coefficient (Wildman–Crippen LogP) is 11.4. The Kier molecular flexibility index (Phi) is 12.8. The average molecular weight is 725 g/mol. The number of aryl methyl sites for hydroxylation is 12. The quantitative estimate of drug-likeness (QED) is 0.0913.